The fourth-order valence-electron chi connectivity index (χ4n) is 2.40. The van der Waals surface area contributed by atoms with E-state index in [2.05, 4.69) is 15.5 Å². The fraction of sp³-hybridized carbons (Fsp3) is 0.278. The molecule has 0 unspecified atom stereocenters. The van der Waals surface area contributed by atoms with Crippen molar-refractivity contribution in [1.82, 2.24) is 20.0 Å². The average Bonchev–Trinajstić information content (AvgIpc) is 3.25. The zero-order valence-electron chi connectivity index (χ0n) is 13.8. The first-order chi connectivity index (χ1) is 11.6. The Hall–Kier alpha value is -2.89. The predicted octanol–water partition coefficient (Wildman–Crippen LogP) is 3.09. The third-order valence-electron chi connectivity index (χ3n) is 3.75. The molecule has 3 aromatic rings. The Morgan fingerprint density at radius 2 is 2.08 bits per heavy atom. The highest BCUT2D eigenvalue weighted by Gasteiger charge is 2.14. The Labute approximate surface area is 140 Å². The van der Waals surface area contributed by atoms with Crippen LogP contribution in [0.1, 0.15) is 36.0 Å². The fourth-order valence-corrected chi connectivity index (χ4v) is 2.40. The molecule has 0 radical (unpaired) electrons. The maximum Gasteiger partial charge on any atom is 0.273 e. The summed E-state index contributed by atoms with van der Waals surface area (Å²) >= 11 is 0. The molecule has 3 rings (SSSR count). The lowest BCUT2D eigenvalue weighted by atomic mass is 10.1. The quantitative estimate of drug-likeness (QED) is 0.756. The van der Waals surface area contributed by atoms with Gasteiger partial charge in [-0.3, -0.25) is 4.79 Å². The van der Waals surface area contributed by atoms with E-state index in [1.54, 1.807) is 12.4 Å². The zero-order chi connectivity index (χ0) is 16.9. The minimum Gasteiger partial charge on any atom is -0.360 e. The summed E-state index contributed by atoms with van der Waals surface area (Å²) in [5.74, 6) is 0.687. The monoisotopic (exact) mass is 324 g/mol. The van der Waals surface area contributed by atoms with Crippen LogP contribution in [0.15, 0.2) is 53.4 Å². The van der Waals surface area contributed by atoms with E-state index in [4.69, 9.17) is 4.52 Å². The minimum atomic E-state index is -0.230. The van der Waals surface area contributed by atoms with Gasteiger partial charge in [0.1, 0.15) is 5.76 Å². The molecule has 0 aliphatic carbocycles. The number of benzene rings is 1. The number of amides is 1. The zero-order valence-corrected chi connectivity index (χ0v) is 13.8. The van der Waals surface area contributed by atoms with Gasteiger partial charge in [0.25, 0.3) is 5.91 Å². The molecule has 1 aromatic carbocycles. The Balaban J connectivity index is 1.59. The maximum atomic E-state index is 12.1. The van der Waals surface area contributed by atoms with Gasteiger partial charge < -0.3 is 14.4 Å². The molecule has 0 aliphatic heterocycles. The largest absolute Gasteiger partial charge is 0.360 e. The molecular weight excluding hydrogens is 304 g/mol. The predicted molar refractivity (Wildman–Crippen MR) is 90.6 cm³/mol. The van der Waals surface area contributed by atoms with E-state index in [-0.39, 0.29) is 11.8 Å². The van der Waals surface area contributed by atoms with Crippen LogP contribution in [0.3, 0.4) is 0 Å². The third kappa shape index (κ3) is 3.53. The van der Waals surface area contributed by atoms with Crippen molar-refractivity contribution in [3.05, 3.63) is 60.4 Å². The highest BCUT2D eigenvalue weighted by Crippen LogP contribution is 2.18. The Morgan fingerprint density at radius 1 is 1.29 bits per heavy atom. The summed E-state index contributed by atoms with van der Waals surface area (Å²) in [6.45, 7) is 5.10. The van der Waals surface area contributed by atoms with Crippen LogP contribution < -0.4 is 5.32 Å². The highest BCUT2D eigenvalue weighted by atomic mass is 16.5. The summed E-state index contributed by atoms with van der Waals surface area (Å²) in [5, 5.41) is 6.67. The van der Waals surface area contributed by atoms with E-state index >= 15 is 0 Å². The van der Waals surface area contributed by atoms with Crippen LogP contribution in [0.4, 0.5) is 0 Å². The molecule has 6 nitrogen and oxygen atoms in total. The molecule has 0 fully saturated rings. The molecule has 24 heavy (non-hydrogen) atoms. The van der Waals surface area contributed by atoms with Crippen molar-refractivity contribution in [1.29, 1.82) is 0 Å². The average molecular weight is 324 g/mol. The Kier molecular flexibility index (Phi) is 4.74. The van der Waals surface area contributed by atoms with Crippen molar-refractivity contribution in [2.24, 2.45) is 0 Å². The number of nitrogens with one attached hydrogen (secondary N) is 1. The van der Waals surface area contributed by atoms with Crippen LogP contribution >= 0.6 is 0 Å². The molecule has 6 heteroatoms. The summed E-state index contributed by atoms with van der Waals surface area (Å²) in [6.07, 6.45) is 3.59. The van der Waals surface area contributed by atoms with Crippen molar-refractivity contribution in [3.8, 4) is 11.3 Å². The van der Waals surface area contributed by atoms with Crippen molar-refractivity contribution < 1.29 is 9.32 Å². The maximum absolute atomic E-state index is 12.1. The highest BCUT2D eigenvalue weighted by molar-refractivity contribution is 5.92. The summed E-state index contributed by atoms with van der Waals surface area (Å²) in [5.41, 5.74) is 2.43. The van der Waals surface area contributed by atoms with Crippen molar-refractivity contribution in [3.63, 3.8) is 0 Å². The Bertz CT molecular complexity index is 805. The van der Waals surface area contributed by atoms with Gasteiger partial charge >= 0.3 is 0 Å². The van der Waals surface area contributed by atoms with Crippen LogP contribution in [0.25, 0.3) is 11.3 Å². The van der Waals surface area contributed by atoms with Crippen LogP contribution in [0.2, 0.25) is 0 Å². The molecule has 2 heterocycles. The molecule has 0 aliphatic rings. The van der Waals surface area contributed by atoms with E-state index in [1.807, 2.05) is 54.9 Å². The number of hydrogen-bond donors (Lipinski definition) is 1. The first kappa shape index (κ1) is 16.0. The van der Waals surface area contributed by atoms with Crippen LogP contribution in [0, 0.1) is 0 Å². The van der Waals surface area contributed by atoms with Gasteiger partial charge in [0, 0.05) is 25.1 Å². The molecule has 1 amide bonds. The molecule has 124 valence electrons. The second kappa shape index (κ2) is 7.12. The molecule has 0 atom stereocenters. The minimum absolute atomic E-state index is 0.207. The smallest absolute Gasteiger partial charge is 0.273 e. The second-order valence-electron chi connectivity index (χ2n) is 5.86. The van der Waals surface area contributed by atoms with E-state index in [0.29, 0.717) is 24.5 Å². The van der Waals surface area contributed by atoms with Crippen LogP contribution in [-0.2, 0) is 6.54 Å². The van der Waals surface area contributed by atoms with Gasteiger partial charge in [0.05, 0.1) is 18.2 Å². The van der Waals surface area contributed by atoms with Gasteiger partial charge in [-0.25, -0.2) is 4.98 Å². The van der Waals surface area contributed by atoms with Crippen LogP contribution in [0.5, 0.6) is 0 Å². The molecule has 2 aromatic heterocycles. The molecule has 1 N–H and O–H groups in total. The number of imidazole rings is 1. The number of aromatic nitrogens is 3. The Morgan fingerprint density at radius 3 is 2.79 bits per heavy atom. The first-order valence-corrected chi connectivity index (χ1v) is 7.95. The van der Waals surface area contributed by atoms with Gasteiger partial charge in [-0.15, -0.1) is 0 Å². The van der Waals surface area contributed by atoms with Crippen molar-refractivity contribution in [2.45, 2.75) is 26.3 Å². The van der Waals surface area contributed by atoms with Gasteiger partial charge in [0.15, 0.2) is 5.69 Å². The van der Waals surface area contributed by atoms with Crippen molar-refractivity contribution in [2.75, 3.05) is 6.54 Å². The standard InChI is InChI=1S/C18H20N4O2/c1-13(2)17-10-15(21-24-17)18(23)20-8-9-22-12-19-11-16(22)14-6-4-3-5-7-14/h3-7,10-13H,8-9H2,1-2H3,(H,20,23). The van der Waals surface area contributed by atoms with E-state index in [0.717, 1.165) is 11.3 Å². The molecular formula is C18H20N4O2. The second-order valence-corrected chi connectivity index (χ2v) is 5.86. The van der Waals surface area contributed by atoms with E-state index in [1.165, 1.54) is 0 Å². The summed E-state index contributed by atoms with van der Waals surface area (Å²) in [6, 6.07) is 11.7. The topological polar surface area (TPSA) is 73.0 Å². The number of carbonyl (C=O) groups is 1. The number of rotatable bonds is 6. The number of nitrogens with zero attached hydrogens (tertiary/aromatic N) is 3. The third-order valence-corrected chi connectivity index (χ3v) is 3.75. The molecule has 0 saturated heterocycles. The normalized spacial score (nSPS) is 11.0. The van der Waals surface area contributed by atoms with Crippen molar-refractivity contribution >= 4 is 5.91 Å². The lowest BCUT2D eigenvalue weighted by molar-refractivity contribution is 0.0943. The van der Waals surface area contributed by atoms with Gasteiger partial charge in [0.2, 0.25) is 0 Å². The van der Waals surface area contributed by atoms with Crippen LogP contribution in [-0.4, -0.2) is 27.2 Å². The molecule has 0 spiro atoms. The molecule has 0 bridgehead atoms. The van der Waals surface area contributed by atoms with Gasteiger partial charge in [-0.2, -0.15) is 0 Å². The number of carbonyl (C=O) groups excluding carboxylic acids is 1. The van der Waals surface area contributed by atoms with Gasteiger partial charge in [-0.1, -0.05) is 49.3 Å². The summed E-state index contributed by atoms with van der Waals surface area (Å²) in [7, 11) is 0. The van der Waals surface area contributed by atoms with E-state index in [9.17, 15) is 4.79 Å². The molecule has 0 saturated carbocycles. The van der Waals surface area contributed by atoms with Gasteiger partial charge in [-0.05, 0) is 5.56 Å². The first-order valence-electron chi connectivity index (χ1n) is 7.95. The van der Waals surface area contributed by atoms with E-state index < -0.39 is 0 Å². The summed E-state index contributed by atoms with van der Waals surface area (Å²) < 4.78 is 7.16. The SMILES string of the molecule is CC(C)c1cc(C(=O)NCCn2cncc2-c2ccccc2)no1. The lowest BCUT2D eigenvalue weighted by Crippen LogP contribution is -2.27. The lowest BCUT2D eigenvalue weighted by Gasteiger charge is -2.08. The summed E-state index contributed by atoms with van der Waals surface area (Å²) in [4.78, 5) is 16.3. The number of hydrogen-bond acceptors (Lipinski definition) is 4.